The van der Waals surface area contributed by atoms with Gasteiger partial charge in [0.1, 0.15) is 0 Å². The maximum absolute atomic E-state index is 5.33. The summed E-state index contributed by atoms with van der Waals surface area (Å²) in [5.41, 5.74) is 0. The standard InChI is InChI=1S/C15H29N3O/c1-19-10-9-18(12-14-3-2-6-16-14)15-5-8-17-7-4-13(15)11-17/h13-16H,2-12H2,1H3. The molecule has 0 amide bonds. The van der Waals surface area contributed by atoms with Gasteiger partial charge in [0.15, 0.2) is 0 Å². The molecule has 3 rings (SSSR count). The summed E-state index contributed by atoms with van der Waals surface area (Å²) in [5.74, 6) is 0.909. The first-order valence-electron chi connectivity index (χ1n) is 8.05. The molecule has 0 aromatic rings. The van der Waals surface area contributed by atoms with Gasteiger partial charge < -0.3 is 15.0 Å². The Morgan fingerprint density at radius 3 is 2.95 bits per heavy atom. The van der Waals surface area contributed by atoms with E-state index in [0.29, 0.717) is 0 Å². The summed E-state index contributed by atoms with van der Waals surface area (Å²) in [6.07, 6.45) is 5.48. The summed E-state index contributed by atoms with van der Waals surface area (Å²) in [5, 5.41) is 3.65. The van der Waals surface area contributed by atoms with E-state index >= 15 is 0 Å². The molecule has 3 heterocycles. The van der Waals surface area contributed by atoms with Crippen molar-refractivity contribution < 1.29 is 4.74 Å². The molecule has 4 unspecified atom stereocenters. The minimum atomic E-state index is 0.719. The third-order valence-electron chi connectivity index (χ3n) is 5.26. The lowest BCUT2D eigenvalue weighted by Crippen LogP contribution is -2.51. The Kier molecular flexibility index (Phi) is 4.74. The summed E-state index contributed by atoms with van der Waals surface area (Å²) < 4.78 is 5.33. The summed E-state index contributed by atoms with van der Waals surface area (Å²) in [7, 11) is 1.82. The molecule has 3 aliphatic heterocycles. The van der Waals surface area contributed by atoms with Crippen LogP contribution in [0.4, 0.5) is 0 Å². The van der Waals surface area contributed by atoms with Crippen molar-refractivity contribution in [1.82, 2.24) is 15.1 Å². The van der Waals surface area contributed by atoms with Crippen LogP contribution in [0.2, 0.25) is 0 Å². The van der Waals surface area contributed by atoms with Crippen molar-refractivity contribution in [2.24, 2.45) is 5.92 Å². The van der Waals surface area contributed by atoms with Gasteiger partial charge in [-0.15, -0.1) is 0 Å². The molecular weight excluding hydrogens is 238 g/mol. The average Bonchev–Trinajstić information content (AvgIpc) is 3.06. The van der Waals surface area contributed by atoms with Gasteiger partial charge in [0, 0.05) is 38.8 Å². The molecule has 0 aromatic carbocycles. The van der Waals surface area contributed by atoms with Crippen molar-refractivity contribution >= 4 is 0 Å². The van der Waals surface area contributed by atoms with Crippen LogP contribution < -0.4 is 5.32 Å². The van der Waals surface area contributed by atoms with Gasteiger partial charge in [0.05, 0.1) is 6.61 Å². The van der Waals surface area contributed by atoms with E-state index in [-0.39, 0.29) is 0 Å². The topological polar surface area (TPSA) is 27.7 Å². The van der Waals surface area contributed by atoms with Gasteiger partial charge in [-0.2, -0.15) is 0 Å². The molecule has 1 N–H and O–H groups in total. The summed E-state index contributed by atoms with van der Waals surface area (Å²) in [6, 6.07) is 1.52. The molecule has 3 aliphatic rings. The fraction of sp³-hybridized carbons (Fsp3) is 1.00. The number of ether oxygens (including phenoxy) is 1. The number of fused-ring (bicyclic) bond motifs is 2. The molecule has 0 aromatic heterocycles. The van der Waals surface area contributed by atoms with Crippen LogP contribution >= 0.6 is 0 Å². The van der Waals surface area contributed by atoms with Crippen LogP contribution in [0.5, 0.6) is 0 Å². The monoisotopic (exact) mass is 267 g/mol. The van der Waals surface area contributed by atoms with E-state index in [1.165, 1.54) is 58.4 Å². The average molecular weight is 267 g/mol. The molecule has 2 bridgehead atoms. The Labute approximate surface area is 117 Å². The lowest BCUT2D eigenvalue weighted by Gasteiger charge is -2.40. The smallest absolute Gasteiger partial charge is 0.0589 e. The quantitative estimate of drug-likeness (QED) is 0.770. The first-order chi connectivity index (χ1) is 9.36. The molecule has 0 aliphatic carbocycles. The minimum Gasteiger partial charge on any atom is -0.383 e. The first-order valence-corrected chi connectivity index (χ1v) is 8.05. The predicted octanol–water partition coefficient (Wildman–Crippen LogP) is 0.781. The highest BCUT2D eigenvalue weighted by atomic mass is 16.5. The highest BCUT2D eigenvalue weighted by molar-refractivity contribution is 4.93. The SMILES string of the molecule is COCCN(CC1CCCN1)C1CCN2CCC1C2. The first kappa shape index (κ1) is 13.8. The Morgan fingerprint density at radius 1 is 1.26 bits per heavy atom. The van der Waals surface area contributed by atoms with Crippen LogP contribution in [0.1, 0.15) is 25.7 Å². The van der Waals surface area contributed by atoms with Crippen LogP contribution in [-0.2, 0) is 4.74 Å². The number of nitrogens with one attached hydrogen (secondary N) is 1. The summed E-state index contributed by atoms with van der Waals surface area (Å²) in [6.45, 7) is 8.40. The van der Waals surface area contributed by atoms with E-state index in [1.807, 2.05) is 7.11 Å². The van der Waals surface area contributed by atoms with E-state index < -0.39 is 0 Å². The number of methoxy groups -OCH3 is 1. The zero-order valence-electron chi connectivity index (χ0n) is 12.3. The minimum absolute atomic E-state index is 0.719. The van der Waals surface area contributed by atoms with Crippen molar-refractivity contribution in [2.75, 3.05) is 53.0 Å². The Hall–Kier alpha value is -0.160. The number of nitrogens with zero attached hydrogens (tertiary/aromatic N) is 2. The molecule has 0 saturated carbocycles. The van der Waals surface area contributed by atoms with Crippen LogP contribution in [0.15, 0.2) is 0 Å². The third kappa shape index (κ3) is 3.30. The predicted molar refractivity (Wildman–Crippen MR) is 77.4 cm³/mol. The van der Waals surface area contributed by atoms with Gasteiger partial charge in [-0.3, -0.25) is 4.90 Å². The largest absolute Gasteiger partial charge is 0.383 e. The zero-order chi connectivity index (χ0) is 13.1. The van der Waals surface area contributed by atoms with E-state index in [1.54, 1.807) is 0 Å². The molecule has 19 heavy (non-hydrogen) atoms. The number of hydrogen-bond donors (Lipinski definition) is 1. The van der Waals surface area contributed by atoms with Crippen molar-refractivity contribution in [3.63, 3.8) is 0 Å². The molecule has 0 radical (unpaired) electrons. The van der Waals surface area contributed by atoms with E-state index in [0.717, 1.165) is 31.2 Å². The normalized spacial score (nSPS) is 38.2. The molecular formula is C15H29N3O. The van der Waals surface area contributed by atoms with Gasteiger partial charge in [-0.25, -0.2) is 0 Å². The van der Waals surface area contributed by atoms with Crippen molar-refractivity contribution in [3.05, 3.63) is 0 Å². The second-order valence-corrected chi connectivity index (χ2v) is 6.49. The molecule has 4 atom stereocenters. The van der Waals surface area contributed by atoms with Crippen molar-refractivity contribution in [2.45, 2.75) is 37.8 Å². The van der Waals surface area contributed by atoms with Gasteiger partial charge in [0.25, 0.3) is 0 Å². The van der Waals surface area contributed by atoms with Crippen LogP contribution in [0.3, 0.4) is 0 Å². The lowest BCUT2D eigenvalue weighted by molar-refractivity contribution is 0.0642. The highest BCUT2D eigenvalue weighted by Gasteiger charge is 2.37. The maximum atomic E-state index is 5.33. The zero-order valence-corrected chi connectivity index (χ0v) is 12.3. The van der Waals surface area contributed by atoms with Gasteiger partial charge in [-0.1, -0.05) is 0 Å². The molecule has 4 nitrogen and oxygen atoms in total. The van der Waals surface area contributed by atoms with Gasteiger partial charge >= 0.3 is 0 Å². The number of hydrogen-bond acceptors (Lipinski definition) is 4. The second-order valence-electron chi connectivity index (χ2n) is 6.49. The van der Waals surface area contributed by atoms with Crippen LogP contribution in [0.25, 0.3) is 0 Å². The fourth-order valence-corrected chi connectivity index (χ4v) is 4.21. The van der Waals surface area contributed by atoms with Gasteiger partial charge in [-0.05, 0) is 51.2 Å². The van der Waals surface area contributed by atoms with E-state index in [4.69, 9.17) is 4.74 Å². The summed E-state index contributed by atoms with van der Waals surface area (Å²) >= 11 is 0. The van der Waals surface area contributed by atoms with Gasteiger partial charge in [0.2, 0.25) is 0 Å². The Bertz CT molecular complexity index is 281. The van der Waals surface area contributed by atoms with Crippen molar-refractivity contribution in [3.8, 4) is 0 Å². The summed E-state index contributed by atoms with van der Waals surface area (Å²) in [4.78, 5) is 5.38. The highest BCUT2D eigenvalue weighted by Crippen LogP contribution is 2.31. The van der Waals surface area contributed by atoms with E-state index in [2.05, 4.69) is 15.1 Å². The number of piperidine rings is 1. The lowest BCUT2D eigenvalue weighted by atomic mass is 9.92. The fourth-order valence-electron chi connectivity index (χ4n) is 4.21. The molecule has 110 valence electrons. The van der Waals surface area contributed by atoms with Crippen LogP contribution in [-0.4, -0.2) is 74.9 Å². The Morgan fingerprint density at radius 2 is 2.16 bits per heavy atom. The molecule has 3 fully saturated rings. The number of rotatable bonds is 6. The molecule has 4 heteroatoms. The Balaban J connectivity index is 1.59. The molecule has 0 spiro atoms. The van der Waals surface area contributed by atoms with Crippen LogP contribution in [0, 0.1) is 5.92 Å². The maximum Gasteiger partial charge on any atom is 0.0589 e. The van der Waals surface area contributed by atoms with Crippen molar-refractivity contribution in [1.29, 1.82) is 0 Å². The third-order valence-corrected chi connectivity index (χ3v) is 5.26. The molecule has 3 saturated heterocycles. The van der Waals surface area contributed by atoms with E-state index in [9.17, 15) is 0 Å². The second kappa shape index (κ2) is 6.53.